The summed E-state index contributed by atoms with van der Waals surface area (Å²) in [4.78, 5) is 2.72. The molecule has 0 amide bonds. The van der Waals surface area contributed by atoms with Crippen LogP contribution in [-0.2, 0) is 0 Å². The van der Waals surface area contributed by atoms with Crippen LogP contribution in [-0.4, -0.2) is 0 Å². The van der Waals surface area contributed by atoms with E-state index in [1.54, 1.807) is 0 Å². The van der Waals surface area contributed by atoms with Gasteiger partial charge in [0.15, 0.2) is 0 Å². The normalized spacial score (nSPS) is 10.6. The molecule has 0 radical (unpaired) electrons. The summed E-state index contributed by atoms with van der Waals surface area (Å²) in [6, 6.07) is 13.0. The number of hydrogen-bond acceptors (Lipinski definition) is 1. The van der Waals surface area contributed by atoms with Gasteiger partial charge in [0, 0.05) is 13.4 Å². The summed E-state index contributed by atoms with van der Waals surface area (Å²) >= 11 is 4.27. The van der Waals surface area contributed by atoms with Crippen LogP contribution in [0.4, 0.5) is 0 Å². The van der Waals surface area contributed by atoms with Gasteiger partial charge in [0.2, 0.25) is 0 Å². The van der Waals surface area contributed by atoms with Gasteiger partial charge in [-0.1, -0.05) is 41.6 Å². The minimum absolute atomic E-state index is 1.31. The van der Waals surface area contributed by atoms with Crippen LogP contribution < -0.4 is 0 Å². The van der Waals surface area contributed by atoms with Gasteiger partial charge in [-0.15, -0.1) is 0 Å². The topological polar surface area (TPSA) is 0 Å². The maximum absolute atomic E-state index is 2.40. The van der Waals surface area contributed by atoms with Crippen molar-refractivity contribution in [2.75, 3.05) is 0 Å². The number of aryl methyl sites for hydroxylation is 3. The zero-order chi connectivity index (χ0) is 12.4. The molecule has 0 aliphatic rings. The Balaban J connectivity index is 2.40. The third-order valence-corrected chi connectivity index (χ3v) is 5.38. The van der Waals surface area contributed by atoms with E-state index in [0.717, 1.165) is 0 Å². The first-order chi connectivity index (χ1) is 8.08. The molecule has 0 aliphatic heterocycles. The molecule has 0 saturated carbocycles. The molecule has 88 valence electrons. The van der Waals surface area contributed by atoms with Crippen molar-refractivity contribution in [2.45, 2.75) is 30.6 Å². The fraction of sp³-hybridized carbons (Fsp3) is 0.200. The molecule has 0 N–H and O–H groups in total. The quantitative estimate of drug-likeness (QED) is 0.654. The van der Waals surface area contributed by atoms with Crippen LogP contribution in [0.15, 0.2) is 46.2 Å². The molecule has 0 bridgehead atoms. The highest BCUT2D eigenvalue weighted by Gasteiger charge is 2.07. The molecule has 0 aromatic heterocycles. The maximum atomic E-state index is 2.40. The molecule has 17 heavy (non-hydrogen) atoms. The molecule has 2 aromatic rings. The summed E-state index contributed by atoms with van der Waals surface area (Å²) in [5.74, 6) is 0. The summed E-state index contributed by atoms with van der Waals surface area (Å²) in [5.41, 5.74) is 4.08. The second kappa shape index (κ2) is 5.44. The Bertz CT molecular complexity index is 523. The number of hydrogen-bond donors (Lipinski definition) is 0. The molecule has 0 unspecified atom stereocenters. The fourth-order valence-corrected chi connectivity index (χ4v) is 3.65. The van der Waals surface area contributed by atoms with Crippen molar-refractivity contribution in [3.05, 3.63) is 56.7 Å². The zero-order valence-corrected chi connectivity index (χ0v) is 13.2. The molecule has 0 saturated heterocycles. The minimum atomic E-state index is 1.31. The monoisotopic (exact) mass is 354 g/mol. The van der Waals surface area contributed by atoms with Crippen LogP contribution in [0.1, 0.15) is 16.7 Å². The Labute approximate surface area is 121 Å². The van der Waals surface area contributed by atoms with Crippen molar-refractivity contribution in [1.82, 2.24) is 0 Å². The summed E-state index contributed by atoms with van der Waals surface area (Å²) in [7, 11) is 0. The van der Waals surface area contributed by atoms with E-state index in [0.29, 0.717) is 0 Å². The zero-order valence-electron chi connectivity index (χ0n) is 10.3. The van der Waals surface area contributed by atoms with Gasteiger partial charge in [-0.3, -0.25) is 0 Å². The highest BCUT2D eigenvalue weighted by atomic mass is 127. The molecule has 0 heterocycles. The smallest absolute Gasteiger partial charge is 0.0269 e. The van der Waals surface area contributed by atoms with Crippen LogP contribution in [0.2, 0.25) is 0 Å². The van der Waals surface area contributed by atoms with Gasteiger partial charge in [-0.2, -0.15) is 0 Å². The summed E-state index contributed by atoms with van der Waals surface area (Å²) in [5, 5.41) is 0. The Kier molecular flexibility index (Phi) is 4.15. The Hall–Kier alpha value is -0.480. The van der Waals surface area contributed by atoms with E-state index >= 15 is 0 Å². The van der Waals surface area contributed by atoms with Crippen molar-refractivity contribution in [1.29, 1.82) is 0 Å². The van der Waals surface area contributed by atoms with Crippen molar-refractivity contribution in [2.24, 2.45) is 0 Å². The summed E-state index contributed by atoms with van der Waals surface area (Å²) in [6.45, 7) is 6.54. The lowest BCUT2D eigenvalue weighted by molar-refractivity contribution is 1.18. The van der Waals surface area contributed by atoms with Gasteiger partial charge in [0.1, 0.15) is 0 Å². The molecule has 0 atom stereocenters. The van der Waals surface area contributed by atoms with Crippen molar-refractivity contribution >= 4 is 34.4 Å². The van der Waals surface area contributed by atoms with E-state index in [1.165, 1.54) is 30.1 Å². The first kappa shape index (κ1) is 13.0. The van der Waals surface area contributed by atoms with E-state index < -0.39 is 0 Å². The van der Waals surface area contributed by atoms with Gasteiger partial charge in [0.25, 0.3) is 0 Å². The molecule has 0 spiro atoms. The SMILES string of the molecule is Cc1cc(C)c(Sc2ccccc2I)c(C)c1. The highest BCUT2D eigenvalue weighted by molar-refractivity contribution is 14.1. The molecule has 2 heteroatoms. The fourth-order valence-electron chi connectivity index (χ4n) is 1.97. The number of halogens is 1. The summed E-state index contributed by atoms with van der Waals surface area (Å²) < 4.78 is 1.31. The van der Waals surface area contributed by atoms with Gasteiger partial charge in [0.05, 0.1) is 0 Å². The molecular weight excluding hydrogens is 339 g/mol. The molecule has 2 rings (SSSR count). The lowest BCUT2D eigenvalue weighted by Gasteiger charge is -2.11. The second-order valence-corrected chi connectivity index (χ2v) is 6.47. The molecular formula is C15H15IS. The number of rotatable bonds is 2. The van der Waals surface area contributed by atoms with E-state index in [2.05, 4.69) is 79.8 Å². The first-order valence-electron chi connectivity index (χ1n) is 5.58. The van der Waals surface area contributed by atoms with Gasteiger partial charge in [-0.05, 0) is 66.6 Å². The van der Waals surface area contributed by atoms with Crippen LogP contribution in [0.25, 0.3) is 0 Å². The molecule has 2 aromatic carbocycles. The highest BCUT2D eigenvalue weighted by Crippen LogP contribution is 2.35. The predicted octanol–water partition coefficient (Wildman–Crippen LogP) is 5.37. The second-order valence-electron chi connectivity index (χ2n) is 4.26. The standard InChI is InChI=1S/C15H15IS/c1-10-8-11(2)15(12(3)9-10)17-14-7-5-4-6-13(14)16/h4-9H,1-3H3. The third kappa shape index (κ3) is 3.05. The van der Waals surface area contributed by atoms with Crippen molar-refractivity contribution < 1.29 is 0 Å². The van der Waals surface area contributed by atoms with Crippen LogP contribution in [0.3, 0.4) is 0 Å². The number of benzene rings is 2. The van der Waals surface area contributed by atoms with Gasteiger partial charge < -0.3 is 0 Å². The van der Waals surface area contributed by atoms with Crippen molar-refractivity contribution in [3.63, 3.8) is 0 Å². The van der Waals surface area contributed by atoms with E-state index in [4.69, 9.17) is 0 Å². The van der Waals surface area contributed by atoms with Crippen LogP contribution in [0, 0.1) is 24.3 Å². The van der Waals surface area contributed by atoms with Gasteiger partial charge in [-0.25, -0.2) is 0 Å². The lowest BCUT2D eigenvalue weighted by Crippen LogP contribution is -1.88. The third-order valence-electron chi connectivity index (χ3n) is 2.65. The maximum Gasteiger partial charge on any atom is 0.0269 e. The van der Waals surface area contributed by atoms with Crippen molar-refractivity contribution in [3.8, 4) is 0 Å². The molecule has 0 fully saturated rings. The predicted molar refractivity (Wildman–Crippen MR) is 83.9 cm³/mol. The summed E-state index contributed by atoms with van der Waals surface area (Å²) in [6.07, 6.45) is 0. The average Bonchev–Trinajstić information content (AvgIpc) is 2.25. The van der Waals surface area contributed by atoms with E-state index in [9.17, 15) is 0 Å². The molecule has 0 nitrogen and oxygen atoms in total. The minimum Gasteiger partial charge on any atom is -0.0884 e. The average molecular weight is 354 g/mol. The van der Waals surface area contributed by atoms with E-state index in [1.807, 2.05) is 11.8 Å². The first-order valence-corrected chi connectivity index (χ1v) is 7.47. The Morgan fingerprint density at radius 2 is 1.53 bits per heavy atom. The van der Waals surface area contributed by atoms with Crippen LogP contribution >= 0.6 is 34.4 Å². The Morgan fingerprint density at radius 1 is 0.941 bits per heavy atom. The molecule has 0 aliphatic carbocycles. The lowest BCUT2D eigenvalue weighted by atomic mass is 10.1. The van der Waals surface area contributed by atoms with E-state index in [-0.39, 0.29) is 0 Å². The largest absolute Gasteiger partial charge is 0.0884 e. The Morgan fingerprint density at radius 3 is 2.12 bits per heavy atom. The van der Waals surface area contributed by atoms with Crippen LogP contribution in [0.5, 0.6) is 0 Å². The van der Waals surface area contributed by atoms with Gasteiger partial charge >= 0.3 is 0 Å².